The van der Waals surface area contributed by atoms with E-state index in [-0.39, 0.29) is 0 Å². The van der Waals surface area contributed by atoms with Crippen LogP contribution in [0.1, 0.15) is 55.2 Å². The van der Waals surface area contributed by atoms with E-state index in [0.29, 0.717) is 12.1 Å². The standard InChI is InChI=1S/C25H31NO/c1-18-6-2-3-8-23(18)17-27-24-9-5-4-7-22(24)16-26-25-13-19-10-20(14-25)12-21(11-19)15-25/h2-9,19-21,26H,10-17H2,1H3. The van der Waals surface area contributed by atoms with Crippen molar-refractivity contribution in [2.24, 2.45) is 17.8 Å². The molecule has 0 radical (unpaired) electrons. The second-order valence-corrected chi connectivity index (χ2v) is 9.37. The third-order valence-electron chi connectivity index (χ3n) is 7.31. The lowest BCUT2D eigenvalue weighted by Gasteiger charge is -2.57. The highest BCUT2D eigenvalue weighted by Gasteiger charge is 2.50. The third-order valence-corrected chi connectivity index (χ3v) is 7.31. The molecule has 0 aliphatic heterocycles. The molecule has 4 aliphatic carbocycles. The Balaban J connectivity index is 1.27. The Kier molecular flexibility index (Phi) is 4.47. The summed E-state index contributed by atoms with van der Waals surface area (Å²) in [6, 6.07) is 17.0. The number of para-hydroxylation sites is 1. The van der Waals surface area contributed by atoms with Crippen molar-refractivity contribution in [3.8, 4) is 5.75 Å². The van der Waals surface area contributed by atoms with E-state index in [4.69, 9.17) is 4.74 Å². The maximum Gasteiger partial charge on any atom is 0.124 e. The highest BCUT2D eigenvalue weighted by molar-refractivity contribution is 5.34. The summed E-state index contributed by atoms with van der Waals surface area (Å²) >= 11 is 0. The summed E-state index contributed by atoms with van der Waals surface area (Å²) in [4.78, 5) is 0. The summed E-state index contributed by atoms with van der Waals surface area (Å²) in [5, 5.41) is 4.01. The van der Waals surface area contributed by atoms with Gasteiger partial charge in [-0.2, -0.15) is 0 Å². The second kappa shape index (κ2) is 6.98. The molecule has 6 rings (SSSR count). The van der Waals surface area contributed by atoms with Gasteiger partial charge in [-0.15, -0.1) is 0 Å². The molecule has 2 heteroatoms. The van der Waals surface area contributed by atoms with Crippen molar-refractivity contribution in [1.82, 2.24) is 5.32 Å². The van der Waals surface area contributed by atoms with Crippen molar-refractivity contribution >= 4 is 0 Å². The van der Waals surface area contributed by atoms with Gasteiger partial charge in [-0.1, -0.05) is 42.5 Å². The molecular formula is C25H31NO. The molecule has 2 aromatic carbocycles. The van der Waals surface area contributed by atoms with Crippen LogP contribution in [-0.4, -0.2) is 5.54 Å². The summed E-state index contributed by atoms with van der Waals surface area (Å²) in [6.45, 7) is 3.72. The lowest BCUT2D eigenvalue weighted by molar-refractivity contribution is -0.0206. The van der Waals surface area contributed by atoms with E-state index in [0.717, 1.165) is 30.0 Å². The lowest BCUT2D eigenvalue weighted by atomic mass is 9.53. The molecule has 0 unspecified atom stereocenters. The van der Waals surface area contributed by atoms with Crippen molar-refractivity contribution in [2.75, 3.05) is 0 Å². The van der Waals surface area contributed by atoms with Gasteiger partial charge in [0.15, 0.2) is 0 Å². The molecule has 4 aliphatic rings. The van der Waals surface area contributed by atoms with Crippen molar-refractivity contribution in [3.63, 3.8) is 0 Å². The van der Waals surface area contributed by atoms with E-state index < -0.39 is 0 Å². The summed E-state index contributed by atoms with van der Waals surface area (Å²) in [5.41, 5.74) is 4.25. The molecule has 0 aromatic heterocycles. The molecule has 4 bridgehead atoms. The van der Waals surface area contributed by atoms with Gasteiger partial charge in [-0.25, -0.2) is 0 Å². The average Bonchev–Trinajstić information content (AvgIpc) is 2.65. The summed E-state index contributed by atoms with van der Waals surface area (Å²) in [7, 11) is 0. The zero-order chi connectivity index (χ0) is 18.3. The van der Waals surface area contributed by atoms with E-state index in [2.05, 4.69) is 60.8 Å². The average molecular weight is 362 g/mol. The molecule has 0 amide bonds. The molecule has 0 spiro atoms. The lowest BCUT2D eigenvalue weighted by Crippen LogP contribution is -2.58. The number of ether oxygens (including phenoxy) is 1. The van der Waals surface area contributed by atoms with E-state index in [9.17, 15) is 0 Å². The second-order valence-electron chi connectivity index (χ2n) is 9.37. The molecule has 0 atom stereocenters. The molecule has 1 N–H and O–H groups in total. The largest absolute Gasteiger partial charge is 0.489 e. The number of hydrogen-bond acceptors (Lipinski definition) is 2. The van der Waals surface area contributed by atoms with Crippen LogP contribution < -0.4 is 10.1 Å². The summed E-state index contributed by atoms with van der Waals surface area (Å²) in [5.74, 6) is 3.97. The maximum absolute atomic E-state index is 6.24. The Labute approximate surface area is 163 Å². The minimum absolute atomic E-state index is 0.401. The SMILES string of the molecule is Cc1ccccc1COc1ccccc1CNC12CC3CC(CC(C3)C1)C2. The Morgan fingerprint density at radius 3 is 2.11 bits per heavy atom. The maximum atomic E-state index is 6.24. The van der Waals surface area contributed by atoms with Gasteiger partial charge >= 0.3 is 0 Å². The number of rotatable bonds is 6. The fourth-order valence-electron chi connectivity index (χ4n) is 6.33. The molecular weight excluding hydrogens is 330 g/mol. The minimum atomic E-state index is 0.401. The van der Waals surface area contributed by atoms with Gasteiger partial charge in [0.1, 0.15) is 12.4 Å². The minimum Gasteiger partial charge on any atom is -0.489 e. The monoisotopic (exact) mass is 361 g/mol. The number of hydrogen-bond donors (Lipinski definition) is 1. The third kappa shape index (κ3) is 3.52. The number of nitrogens with one attached hydrogen (secondary N) is 1. The molecule has 2 nitrogen and oxygen atoms in total. The van der Waals surface area contributed by atoms with E-state index in [1.165, 1.54) is 55.2 Å². The molecule has 2 aromatic rings. The zero-order valence-corrected chi connectivity index (χ0v) is 16.4. The van der Waals surface area contributed by atoms with Crippen molar-refractivity contribution in [2.45, 2.75) is 64.1 Å². The first kappa shape index (κ1) is 17.3. The fourth-order valence-corrected chi connectivity index (χ4v) is 6.33. The fraction of sp³-hybridized carbons (Fsp3) is 0.520. The van der Waals surface area contributed by atoms with Gasteiger partial charge < -0.3 is 10.1 Å². The molecule has 4 saturated carbocycles. The summed E-state index contributed by atoms with van der Waals surface area (Å²) < 4.78 is 6.24. The van der Waals surface area contributed by atoms with Gasteiger partial charge in [-0.05, 0) is 80.4 Å². The zero-order valence-electron chi connectivity index (χ0n) is 16.4. The normalized spacial score (nSPS) is 31.2. The predicted molar refractivity (Wildman–Crippen MR) is 110 cm³/mol. The van der Waals surface area contributed by atoms with Crippen LogP contribution in [-0.2, 0) is 13.2 Å². The molecule has 142 valence electrons. The summed E-state index contributed by atoms with van der Waals surface area (Å²) in [6.07, 6.45) is 8.67. The predicted octanol–water partition coefficient (Wildman–Crippen LogP) is 5.63. The molecule has 4 fully saturated rings. The van der Waals surface area contributed by atoms with Gasteiger partial charge in [0.2, 0.25) is 0 Å². The number of aryl methyl sites for hydroxylation is 1. The highest BCUT2D eigenvalue weighted by atomic mass is 16.5. The van der Waals surface area contributed by atoms with Gasteiger partial charge in [-0.3, -0.25) is 0 Å². The van der Waals surface area contributed by atoms with Crippen LogP contribution >= 0.6 is 0 Å². The first-order valence-electron chi connectivity index (χ1n) is 10.7. The van der Waals surface area contributed by atoms with E-state index in [1.807, 2.05) is 0 Å². The Morgan fingerprint density at radius 2 is 1.44 bits per heavy atom. The Hall–Kier alpha value is -1.80. The van der Waals surface area contributed by atoms with Crippen molar-refractivity contribution < 1.29 is 4.74 Å². The van der Waals surface area contributed by atoms with Crippen LogP contribution in [0.25, 0.3) is 0 Å². The van der Waals surface area contributed by atoms with Crippen LogP contribution in [0.15, 0.2) is 48.5 Å². The quantitative estimate of drug-likeness (QED) is 0.720. The van der Waals surface area contributed by atoms with Crippen molar-refractivity contribution in [1.29, 1.82) is 0 Å². The topological polar surface area (TPSA) is 21.3 Å². The van der Waals surface area contributed by atoms with Crippen LogP contribution in [0.3, 0.4) is 0 Å². The molecule has 0 saturated heterocycles. The Bertz CT molecular complexity index is 776. The van der Waals surface area contributed by atoms with Gasteiger partial charge in [0.05, 0.1) is 0 Å². The van der Waals surface area contributed by atoms with E-state index >= 15 is 0 Å². The van der Waals surface area contributed by atoms with Gasteiger partial charge in [0, 0.05) is 17.6 Å². The van der Waals surface area contributed by atoms with Crippen molar-refractivity contribution in [3.05, 3.63) is 65.2 Å². The molecule has 0 heterocycles. The number of benzene rings is 2. The smallest absolute Gasteiger partial charge is 0.124 e. The van der Waals surface area contributed by atoms with Crippen LogP contribution in [0.5, 0.6) is 5.75 Å². The van der Waals surface area contributed by atoms with Gasteiger partial charge in [0.25, 0.3) is 0 Å². The highest BCUT2D eigenvalue weighted by Crippen LogP contribution is 2.55. The van der Waals surface area contributed by atoms with Crippen LogP contribution in [0.2, 0.25) is 0 Å². The van der Waals surface area contributed by atoms with Crippen LogP contribution in [0, 0.1) is 24.7 Å². The van der Waals surface area contributed by atoms with E-state index in [1.54, 1.807) is 0 Å². The Morgan fingerprint density at radius 1 is 0.852 bits per heavy atom. The van der Waals surface area contributed by atoms with Crippen LogP contribution in [0.4, 0.5) is 0 Å². The molecule has 27 heavy (non-hydrogen) atoms. The first-order chi connectivity index (χ1) is 13.2. The first-order valence-corrected chi connectivity index (χ1v) is 10.7.